The zero-order chi connectivity index (χ0) is 24.4. The van der Waals surface area contributed by atoms with Crippen LogP contribution in [0.15, 0.2) is 85.0 Å². The Morgan fingerprint density at radius 1 is 0.853 bits per heavy atom. The van der Waals surface area contributed by atoms with Crippen LogP contribution in [0.5, 0.6) is 17.2 Å². The lowest BCUT2D eigenvalue weighted by molar-refractivity contribution is -0.131. The predicted molar refractivity (Wildman–Crippen MR) is 132 cm³/mol. The van der Waals surface area contributed by atoms with Gasteiger partial charge in [-0.2, -0.15) is 0 Å². The van der Waals surface area contributed by atoms with Crippen LogP contribution in [0, 0.1) is 6.92 Å². The van der Waals surface area contributed by atoms with Gasteiger partial charge in [0.15, 0.2) is 0 Å². The smallest absolute Gasteiger partial charge is 0.338 e. The highest BCUT2D eigenvalue weighted by molar-refractivity contribution is 6.01. The van der Waals surface area contributed by atoms with Crippen molar-refractivity contribution in [3.05, 3.63) is 102 Å². The van der Waals surface area contributed by atoms with E-state index in [1.54, 1.807) is 13.8 Å². The number of allylic oxidation sites excluding steroid dienone is 1. The van der Waals surface area contributed by atoms with E-state index in [4.69, 9.17) is 14.2 Å². The van der Waals surface area contributed by atoms with Crippen LogP contribution in [0.1, 0.15) is 36.6 Å². The van der Waals surface area contributed by atoms with Crippen molar-refractivity contribution in [3.63, 3.8) is 0 Å². The van der Waals surface area contributed by atoms with E-state index < -0.39 is 18.0 Å². The van der Waals surface area contributed by atoms with Gasteiger partial charge in [0.25, 0.3) is 0 Å². The molecule has 4 rings (SSSR count). The number of hydrogen-bond acceptors (Lipinski definition) is 5. The number of esters is 2. The summed E-state index contributed by atoms with van der Waals surface area (Å²) in [6, 6.07) is 15.1. The molecule has 0 N–H and O–H groups in total. The molecular formula is C29H26O5. The summed E-state index contributed by atoms with van der Waals surface area (Å²) in [6.45, 7) is 12.6. The Labute approximate surface area is 199 Å². The molecule has 0 aromatic heterocycles. The Balaban J connectivity index is 1.95. The van der Waals surface area contributed by atoms with Gasteiger partial charge in [0, 0.05) is 33.0 Å². The van der Waals surface area contributed by atoms with E-state index in [0.29, 0.717) is 40.0 Å². The number of ether oxygens (including phenoxy) is 3. The summed E-state index contributed by atoms with van der Waals surface area (Å²) in [5.41, 5.74) is 3.04. The van der Waals surface area contributed by atoms with Crippen LogP contribution in [0.3, 0.4) is 0 Å². The van der Waals surface area contributed by atoms with Crippen LogP contribution < -0.4 is 14.2 Å². The molecule has 0 bridgehead atoms. The van der Waals surface area contributed by atoms with E-state index >= 15 is 0 Å². The van der Waals surface area contributed by atoms with Crippen LogP contribution >= 0.6 is 0 Å². The van der Waals surface area contributed by atoms with Crippen molar-refractivity contribution >= 4 is 22.7 Å². The van der Waals surface area contributed by atoms with Crippen LogP contribution in [0.2, 0.25) is 0 Å². The summed E-state index contributed by atoms with van der Waals surface area (Å²) in [4.78, 5) is 25.1. The summed E-state index contributed by atoms with van der Waals surface area (Å²) < 4.78 is 18.0. The van der Waals surface area contributed by atoms with Gasteiger partial charge < -0.3 is 14.2 Å². The maximum absolute atomic E-state index is 12.6. The third-order valence-corrected chi connectivity index (χ3v) is 5.55. The predicted octanol–water partition coefficient (Wildman–Crippen LogP) is 6.34. The summed E-state index contributed by atoms with van der Waals surface area (Å²) in [5, 5.41) is 1.29. The second-order valence-corrected chi connectivity index (χ2v) is 8.42. The molecule has 1 aliphatic carbocycles. The van der Waals surface area contributed by atoms with E-state index in [0.717, 1.165) is 11.1 Å². The number of rotatable bonds is 6. The Hall–Kier alpha value is -4.12. The highest BCUT2D eigenvalue weighted by atomic mass is 16.5. The molecule has 3 aromatic rings. The number of carbonyl (C=O) groups is 2. The van der Waals surface area contributed by atoms with Crippen LogP contribution in [-0.4, -0.2) is 11.9 Å². The van der Waals surface area contributed by atoms with Crippen molar-refractivity contribution in [2.45, 2.75) is 33.3 Å². The monoisotopic (exact) mass is 454 g/mol. The van der Waals surface area contributed by atoms with Crippen LogP contribution in [0.4, 0.5) is 0 Å². The quantitative estimate of drug-likeness (QED) is 0.188. The van der Waals surface area contributed by atoms with E-state index in [9.17, 15) is 9.59 Å². The molecule has 0 amide bonds. The normalized spacial score (nSPS) is 14.3. The Bertz CT molecular complexity index is 1350. The molecule has 3 aromatic carbocycles. The zero-order valence-electron chi connectivity index (χ0n) is 19.5. The first-order valence-electron chi connectivity index (χ1n) is 11.0. The molecule has 0 radical (unpaired) electrons. The zero-order valence-corrected chi connectivity index (χ0v) is 19.5. The molecule has 0 aliphatic heterocycles. The minimum absolute atomic E-state index is 0.276. The molecule has 1 atom stereocenters. The first-order valence-corrected chi connectivity index (χ1v) is 11.0. The average Bonchev–Trinajstić information content (AvgIpc) is 2.82. The van der Waals surface area contributed by atoms with E-state index in [1.165, 1.54) is 0 Å². The third kappa shape index (κ3) is 4.50. The minimum Gasteiger partial charge on any atom is -0.481 e. The van der Waals surface area contributed by atoms with Gasteiger partial charge in [-0.05, 0) is 45.4 Å². The second kappa shape index (κ2) is 9.40. The Kier molecular flexibility index (Phi) is 6.37. The van der Waals surface area contributed by atoms with Gasteiger partial charge >= 0.3 is 11.9 Å². The minimum atomic E-state index is -0.564. The first kappa shape index (κ1) is 23.1. The van der Waals surface area contributed by atoms with Gasteiger partial charge in [-0.25, -0.2) is 9.59 Å². The fourth-order valence-electron chi connectivity index (χ4n) is 3.80. The number of aryl methyl sites for hydroxylation is 1. The molecule has 1 unspecified atom stereocenters. The average molecular weight is 455 g/mol. The highest BCUT2D eigenvalue weighted by Crippen LogP contribution is 2.47. The first-order chi connectivity index (χ1) is 16.3. The van der Waals surface area contributed by atoms with Gasteiger partial charge in [0.05, 0.1) is 0 Å². The van der Waals surface area contributed by atoms with Crippen LogP contribution in [-0.2, 0) is 16.0 Å². The lowest BCUT2D eigenvalue weighted by atomic mass is 9.88. The van der Waals surface area contributed by atoms with Crippen molar-refractivity contribution < 1.29 is 23.8 Å². The lowest BCUT2D eigenvalue weighted by Crippen LogP contribution is -2.19. The summed E-state index contributed by atoms with van der Waals surface area (Å²) in [6.07, 6.45) is 3.79. The second-order valence-electron chi connectivity index (χ2n) is 8.42. The van der Waals surface area contributed by atoms with Gasteiger partial charge in [0.1, 0.15) is 23.4 Å². The van der Waals surface area contributed by atoms with Gasteiger partial charge in [-0.1, -0.05) is 61.2 Å². The van der Waals surface area contributed by atoms with Crippen molar-refractivity contribution in [2.24, 2.45) is 0 Å². The van der Waals surface area contributed by atoms with E-state index in [-0.39, 0.29) is 11.1 Å². The Morgan fingerprint density at radius 3 is 2.00 bits per heavy atom. The molecular weight excluding hydrogens is 428 g/mol. The summed E-state index contributed by atoms with van der Waals surface area (Å²) in [5.74, 6) is 0.386. The SMILES string of the molecule is C=C(C)C(=O)Oc1c2c(c(OC(=O)C(=C)C)c3ccccc13)C(Oc1ccc(C)cc1)C=CC2. The van der Waals surface area contributed by atoms with Gasteiger partial charge in [-0.15, -0.1) is 0 Å². The number of hydrogen-bond donors (Lipinski definition) is 0. The van der Waals surface area contributed by atoms with E-state index in [2.05, 4.69) is 13.2 Å². The fourth-order valence-corrected chi connectivity index (χ4v) is 3.80. The summed E-state index contributed by atoms with van der Waals surface area (Å²) in [7, 11) is 0. The van der Waals surface area contributed by atoms with Gasteiger partial charge in [0.2, 0.25) is 0 Å². The molecule has 34 heavy (non-hydrogen) atoms. The van der Waals surface area contributed by atoms with E-state index in [1.807, 2.05) is 67.6 Å². The lowest BCUT2D eigenvalue weighted by Gasteiger charge is -2.28. The van der Waals surface area contributed by atoms with Crippen molar-refractivity contribution in [1.82, 2.24) is 0 Å². The molecule has 0 spiro atoms. The number of benzene rings is 3. The molecule has 0 fully saturated rings. The Morgan fingerprint density at radius 2 is 1.41 bits per heavy atom. The standard InChI is InChI=1S/C29H26O5/c1-17(2)28(30)33-26-21-9-6-7-10-22(21)27(34-29(31)18(3)4)25-23(26)11-8-12-24(25)32-20-15-13-19(5)14-16-20/h6-10,12-16,24H,1,3,11H2,2,4-5H3. The molecule has 0 saturated heterocycles. The topological polar surface area (TPSA) is 61.8 Å². The molecule has 5 nitrogen and oxygen atoms in total. The molecule has 5 heteroatoms. The molecule has 172 valence electrons. The third-order valence-electron chi connectivity index (χ3n) is 5.55. The maximum Gasteiger partial charge on any atom is 0.338 e. The number of fused-ring (bicyclic) bond motifs is 2. The van der Waals surface area contributed by atoms with Crippen molar-refractivity contribution in [1.29, 1.82) is 0 Å². The number of carbonyl (C=O) groups excluding carboxylic acids is 2. The highest BCUT2D eigenvalue weighted by Gasteiger charge is 2.31. The largest absolute Gasteiger partial charge is 0.481 e. The maximum atomic E-state index is 12.6. The molecule has 1 aliphatic rings. The van der Waals surface area contributed by atoms with Gasteiger partial charge in [-0.3, -0.25) is 0 Å². The van der Waals surface area contributed by atoms with Crippen LogP contribution in [0.25, 0.3) is 10.8 Å². The summed E-state index contributed by atoms with van der Waals surface area (Å²) >= 11 is 0. The molecule has 0 heterocycles. The molecule has 0 saturated carbocycles. The van der Waals surface area contributed by atoms with Crippen molar-refractivity contribution in [3.8, 4) is 17.2 Å². The van der Waals surface area contributed by atoms with Crippen molar-refractivity contribution in [2.75, 3.05) is 0 Å². The fraction of sp³-hybridized carbons (Fsp3) is 0.172.